The van der Waals surface area contributed by atoms with E-state index >= 15 is 0 Å². The zero-order valence-corrected chi connectivity index (χ0v) is 19.7. The zero-order chi connectivity index (χ0) is 23.8. The molecule has 1 fully saturated rings. The third-order valence-electron chi connectivity index (χ3n) is 4.84. The predicted molar refractivity (Wildman–Crippen MR) is 116 cm³/mol. The number of rotatable bonds is 10. The number of benzene rings is 1. The van der Waals surface area contributed by atoms with E-state index in [1.807, 2.05) is 30.3 Å². The molecular formula is C21H31N2O8P. The highest BCUT2D eigenvalue weighted by atomic mass is 31.2. The van der Waals surface area contributed by atoms with Gasteiger partial charge in [0.25, 0.3) is 0 Å². The summed E-state index contributed by atoms with van der Waals surface area (Å²) in [5, 5.41) is 5.10. The topological polar surface area (TPSA) is 129 Å². The van der Waals surface area contributed by atoms with Crippen LogP contribution in [0.4, 0.5) is 0 Å². The maximum Gasteiger partial charge on any atom is 0.407 e. The molecule has 32 heavy (non-hydrogen) atoms. The predicted octanol–water partition coefficient (Wildman–Crippen LogP) is 1.98. The van der Waals surface area contributed by atoms with Crippen LogP contribution in [0.5, 0.6) is 0 Å². The van der Waals surface area contributed by atoms with Crippen molar-refractivity contribution in [3.63, 3.8) is 0 Å². The van der Waals surface area contributed by atoms with E-state index in [-0.39, 0.29) is 26.2 Å². The summed E-state index contributed by atoms with van der Waals surface area (Å²) < 4.78 is 33.7. The van der Waals surface area contributed by atoms with Gasteiger partial charge in [-0.05, 0) is 12.5 Å². The molecule has 1 aromatic rings. The SMILES string of the molecule is COC(=O)CCNC(=O)[C@@H]1OP(=O)(N[C@@H](C)C(=O)OCCc2ccccc2)OCC1(C)C. The molecule has 0 spiro atoms. The van der Waals surface area contributed by atoms with Crippen LogP contribution in [0.15, 0.2) is 30.3 Å². The first-order chi connectivity index (χ1) is 15.1. The summed E-state index contributed by atoms with van der Waals surface area (Å²) in [6.07, 6.45) is -0.576. The van der Waals surface area contributed by atoms with Crippen LogP contribution in [0.1, 0.15) is 32.8 Å². The number of hydrogen-bond acceptors (Lipinski definition) is 8. The minimum absolute atomic E-state index is 0.00629. The van der Waals surface area contributed by atoms with E-state index in [9.17, 15) is 18.9 Å². The Labute approximate surface area is 187 Å². The third kappa shape index (κ3) is 7.70. The van der Waals surface area contributed by atoms with E-state index < -0.39 is 43.2 Å². The molecule has 2 N–H and O–H groups in total. The zero-order valence-electron chi connectivity index (χ0n) is 18.8. The van der Waals surface area contributed by atoms with Gasteiger partial charge in [0.2, 0.25) is 5.91 Å². The Morgan fingerprint density at radius 2 is 1.94 bits per heavy atom. The van der Waals surface area contributed by atoms with Crippen molar-refractivity contribution < 1.29 is 37.5 Å². The molecule has 3 atom stereocenters. The highest BCUT2D eigenvalue weighted by Gasteiger charge is 2.48. The van der Waals surface area contributed by atoms with Gasteiger partial charge >= 0.3 is 19.7 Å². The first kappa shape index (κ1) is 26.0. The van der Waals surface area contributed by atoms with E-state index in [0.29, 0.717) is 6.42 Å². The third-order valence-corrected chi connectivity index (χ3v) is 6.50. The normalized spacial score (nSPS) is 23.1. The second kappa shape index (κ2) is 11.6. The van der Waals surface area contributed by atoms with Gasteiger partial charge in [-0.1, -0.05) is 44.2 Å². The quantitative estimate of drug-likeness (QED) is 0.389. The summed E-state index contributed by atoms with van der Waals surface area (Å²) in [6, 6.07) is 8.56. The van der Waals surface area contributed by atoms with E-state index in [1.54, 1.807) is 13.8 Å². The Morgan fingerprint density at radius 1 is 1.25 bits per heavy atom. The van der Waals surface area contributed by atoms with Gasteiger partial charge in [0.15, 0.2) is 6.10 Å². The Hall–Kier alpha value is -2.26. The van der Waals surface area contributed by atoms with Crippen molar-refractivity contribution in [2.45, 2.75) is 45.8 Å². The molecule has 1 unspecified atom stereocenters. The summed E-state index contributed by atoms with van der Waals surface area (Å²) in [6.45, 7) is 5.10. The Balaban J connectivity index is 1.89. The summed E-state index contributed by atoms with van der Waals surface area (Å²) in [7, 11) is -2.71. The van der Waals surface area contributed by atoms with Gasteiger partial charge in [0.05, 0.1) is 26.7 Å². The largest absolute Gasteiger partial charge is 0.469 e. The fraction of sp³-hybridized carbons (Fsp3) is 0.571. The molecule has 0 radical (unpaired) electrons. The number of hydrogen-bond donors (Lipinski definition) is 2. The van der Waals surface area contributed by atoms with Crippen molar-refractivity contribution in [3.05, 3.63) is 35.9 Å². The lowest BCUT2D eigenvalue weighted by atomic mass is 9.87. The second-order valence-electron chi connectivity index (χ2n) is 8.12. The van der Waals surface area contributed by atoms with Crippen LogP contribution in [0, 0.1) is 5.41 Å². The molecule has 0 saturated carbocycles. The van der Waals surface area contributed by atoms with Crippen molar-refractivity contribution in [1.29, 1.82) is 0 Å². The molecule has 1 heterocycles. The van der Waals surface area contributed by atoms with Crippen molar-refractivity contribution in [3.8, 4) is 0 Å². The molecule has 11 heteroatoms. The molecule has 1 saturated heterocycles. The molecule has 1 aliphatic rings. The molecule has 0 bridgehead atoms. The Kier molecular flexibility index (Phi) is 9.39. The van der Waals surface area contributed by atoms with Crippen LogP contribution >= 0.6 is 7.75 Å². The van der Waals surface area contributed by atoms with E-state index in [4.69, 9.17) is 13.8 Å². The van der Waals surface area contributed by atoms with Gasteiger partial charge in [-0.3, -0.25) is 23.4 Å². The molecule has 1 aromatic carbocycles. The maximum absolute atomic E-state index is 13.1. The van der Waals surface area contributed by atoms with E-state index in [1.165, 1.54) is 14.0 Å². The first-order valence-electron chi connectivity index (χ1n) is 10.3. The van der Waals surface area contributed by atoms with Gasteiger partial charge in [-0.15, -0.1) is 0 Å². The summed E-state index contributed by atoms with van der Waals surface area (Å²) in [4.78, 5) is 36.1. The number of nitrogens with one attached hydrogen (secondary N) is 2. The number of methoxy groups -OCH3 is 1. The monoisotopic (exact) mass is 470 g/mol. The molecule has 0 aliphatic carbocycles. The molecule has 1 amide bonds. The lowest BCUT2D eigenvalue weighted by molar-refractivity contribution is -0.145. The summed E-state index contributed by atoms with van der Waals surface area (Å²) in [5.74, 6) is -1.63. The van der Waals surface area contributed by atoms with E-state index in [0.717, 1.165) is 5.56 Å². The molecule has 0 aromatic heterocycles. The number of ether oxygens (including phenoxy) is 2. The van der Waals surface area contributed by atoms with Gasteiger partial charge in [0.1, 0.15) is 6.04 Å². The standard InChI is InChI=1S/C21H31N2O8P/c1-15(20(26)29-13-11-16-8-6-5-7-9-16)23-32(27)30-14-21(2,3)18(31-32)19(25)22-12-10-17(24)28-4/h5-9,15,18H,10-14H2,1-4H3,(H,22,25)(H,23,27)/t15-,18-,32?/m0/s1. The summed E-state index contributed by atoms with van der Waals surface area (Å²) >= 11 is 0. The fourth-order valence-corrected chi connectivity index (χ4v) is 4.86. The van der Waals surface area contributed by atoms with Crippen molar-refractivity contribution in [1.82, 2.24) is 10.4 Å². The Morgan fingerprint density at radius 3 is 2.59 bits per heavy atom. The van der Waals surface area contributed by atoms with Gasteiger partial charge < -0.3 is 14.8 Å². The van der Waals surface area contributed by atoms with Gasteiger partial charge in [0, 0.05) is 18.4 Å². The summed E-state index contributed by atoms with van der Waals surface area (Å²) in [5.41, 5.74) is 0.237. The van der Waals surface area contributed by atoms with Crippen LogP contribution in [0.3, 0.4) is 0 Å². The average Bonchev–Trinajstić information content (AvgIpc) is 2.76. The van der Waals surface area contributed by atoms with Crippen LogP contribution in [-0.2, 0) is 43.9 Å². The Bertz CT molecular complexity index is 845. The first-order valence-corrected chi connectivity index (χ1v) is 11.9. The van der Waals surface area contributed by atoms with Crippen LogP contribution in [0.2, 0.25) is 0 Å². The lowest BCUT2D eigenvalue weighted by Crippen LogP contribution is -2.51. The average molecular weight is 470 g/mol. The van der Waals surface area contributed by atoms with Gasteiger partial charge in [-0.25, -0.2) is 9.65 Å². The number of esters is 2. The highest BCUT2D eigenvalue weighted by Crippen LogP contribution is 2.53. The van der Waals surface area contributed by atoms with Crippen LogP contribution in [0.25, 0.3) is 0 Å². The van der Waals surface area contributed by atoms with Crippen molar-refractivity contribution in [2.75, 3.05) is 26.9 Å². The molecule has 2 rings (SSSR count). The minimum Gasteiger partial charge on any atom is -0.469 e. The van der Waals surface area contributed by atoms with E-state index in [2.05, 4.69) is 15.1 Å². The molecule has 10 nitrogen and oxygen atoms in total. The maximum atomic E-state index is 13.1. The number of carbonyl (C=O) groups excluding carboxylic acids is 3. The van der Waals surface area contributed by atoms with Gasteiger partial charge in [-0.2, -0.15) is 0 Å². The number of carbonyl (C=O) groups is 3. The minimum atomic E-state index is -3.96. The highest BCUT2D eigenvalue weighted by molar-refractivity contribution is 7.51. The molecular weight excluding hydrogens is 439 g/mol. The van der Waals surface area contributed by atoms with Crippen LogP contribution < -0.4 is 10.4 Å². The van der Waals surface area contributed by atoms with Crippen molar-refractivity contribution >= 4 is 25.6 Å². The molecule has 178 valence electrons. The lowest BCUT2D eigenvalue weighted by Gasteiger charge is -2.40. The number of amides is 1. The van der Waals surface area contributed by atoms with Crippen LogP contribution in [-0.4, -0.2) is 56.9 Å². The van der Waals surface area contributed by atoms with Crippen molar-refractivity contribution in [2.24, 2.45) is 5.41 Å². The smallest absolute Gasteiger partial charge is 0.407 e. The second-order valence-corrected chi connectivity index (χ2v) is 9.84. The molecule has 1 aliphatic heterocycles. The fourth-order valence-electron chi connectivity index (χ4n) is 2.92.